The molecule has 1 N–H and O–H groups in total. The summed E-state index contributed by atoms with van der Waals surface area (Å²) in [4.78, 5) is 2.49. The van der Waals surface area contributed by atoms with Crippen LogP contribution in [0.15, 0.2) is 0 Å². The van der Waals surface area contributed by atoms with Gasteiger partial charge >= 0.3 is 0 Å². The quantitative estimate of drug-likeness (QED) is 0.679. The molecule has 0 aromatic carbocycles. The van der Waals surface area contributed by atoms with Crippen LogP contribution < -0.4 is 5.32 Å². The number of nitrogens with one attached hydrogen (secondary N) is 1. The summed E-state index contributed by atoms with van der Waals surface area (Å²) in [5, 5.41) is 3.70. The highest BCUT2D eigenvalue weighted by Gasteiger charge is 2.34. The third kappa shape index (κ3) is 4.50. The Hall–Kier alpha value is -0.160. The second-order valence-electron chi connectivity index (χ2n) is 5.43. The monoisotopic (exact) mass is 258 g/mol. The van der Waals surface area contributed by atoms with E-state index < -0.39 is 0 Å². The van der Waals surface area contributed by atoms with E-state index in [0.717, 1.165) is 32.8 Å². The van der Waals surface area contributed by atoms with Crippen molar-refractivity contribution in [1.29, 1.82) is 0 Å². The summed E-state index contributed by atoms with van der Waals surface area (Å²) in [7, 11) is 3.54. The zero-order chi connectivity index (χ0) is 13.4. The average molecular weight is 258 g/mol. The van der Waals surface area contributed by atoms with E-state index in [1.165, 1.54) is 19.3 Å². The first-order chi connectivity index (χ1) is 8.67. The summed E-state index contributed by atoms with van der Waals surface area (Å²) in [5.41, 5.74) is 0.301. The number of ether oxygens (including phenoxy) is 2. The maximum atomic E-state index is 5.29. The molecule has 1 aliphatic rings. The van der Waals surface area contributed by atoms with E-state index >= 15 is 0 Å². The van der Waals surface area contributed by atoms with Gasteiger partial charge in [0.05, 0.1) is 13.2 Å². The molecule has 2 unspecified atom stereocenters. The molecule has 108 valence electrons. The number of nitrogens with zero attached hydrogens (tertiary/aromatic N) is 1. The van der Waals surface area contributed by atoms with Gasteiger partial charge in [0, 0.05) is 38.9 Å². The molecule has 1 saturated heterocycles. The van der Waals surface area contributed by atoms with Gasteiger partial charge in [0.25, 0.3) is 0 Å². The molecule has 1 heterocycles. The van der Waals surface area contributed by atoms with Crippen molar-refractivity contribution >= 4 is 0 Å². The van der Waals surface area contributed by atoms with Crippen molar-refractivity contribution in [3.63, 3.8) is 0 Å². The van der Waals surface area contributed by atoms with Crippen LogP contribution in [-0.4, -0.2) is 63.5 Å². The highest BCUT2D eigenvalue weighted by molar-refractivity contribution is 4.95. The fraction of sp³-hybridized carbons (Fsp3) is 1.00. The van der Waals surface area contributed by atoms with E-state index in [1.807, 2.05) is 0 Å². The van der Waals surface area contributed by atoms with Crippen molar-refractivity contribution in [2.45, 2.75) is 44.7 Å². The van der Waals surface area contributed by atoms with E-state index in [4.69, 9.17) is 9.47 Å². The predicted octanol–water partition coefficient (Wildman–Crippen LogP) is 1.50. The van der Waals surface area contributed by atoms with Crippen molar-refractivity contribution in [1.82, 2.24) is 10.2 Å². The van der Waals surface area contributed by atoms with Gasteiger partial charge in [-0.2, -0.15) is 0 Å². The molecule has 0 aromatic rings. The first-order valence-electron chi connectivity index (χ1n) is 7.14. The van der Waals surface area contributed by atoms with Crippen molar-refractivity contribution in [3.8, 4) is 0 Å². The molecule has 1 fully saturated rings. The normalized spacial score (nSPS) is 25.8. The lowest BCUT2D eigenvalue weighted by atomic mass is 9.93. The summed E-state index contributed by atoms with van der Waals surface area (Å²) in [6, 6.07) is 0.441. The zero-order valence-corrected chi connectivity index (χ0v) is 12.5. The Labute approximate surface area is 112 Å². The van der Waals surface area contributed by atoms with Gasteiger partial charge in [0.1, 0.15) is 0 Å². The average Bonchev–Trinajstić information content (AvgIpc) is 2.84. The Kier molecular flexibility index (Phi) is 7.15. The molecule has 4 nitrogen and oxygen atoms in total. The smallest absolute Gasteiger partial charge is 0.0615 e. The first kappa shape index (κ1) is 15.9. The fourth-order valence-electron chi connectivity index (χ4n) is 2.82. The van der Waals surface area contributed by atoms with Gasteiger partial charge in [-0.3, -0.25) is 4.90 Å². The van der Waals surface area contributed by atoms with Crippen LogP contribution in [0.5, 0.6) is 0 Å². The van der Waals surface area contributed by atoms with Crippen LogP contribution in [0.25, 0.3) is 0 Å². The molecule has 1 aliphatic heterocycles. The molecule has 0 aliphatic carbocycles. The number of rotatable bonds is 9. The zero-order valence-electron chi connectivity index (χ0n) is 12.5. The summed E-state index contributed by atoms with van der Waals surface area (Å²) in [6.07, 6.45) is 3.77. The lowest BCUT2D eigenvalue weighted by Crippen LogP contribution is -2.53. The van der Waals surface area contributed by atoms with E-state index in [1.54, 1.807) is 14.2 Å². The third-order valence-electron chi connectivity index (χ3n) is 4.13. The lowest BCUT2D eigenvalue weighted by molar-refractivity contribution is 0.0560. The Bertz CT molecular complexity index is 218. The van der Waals surface area contributed by atoms with Crippen LogP contribution in [0.1, 0.15) is 33.1 Å². The Morgan fingerprint density at radius 2 is 2.11 bits per heavy atom. The van der Waals surface area contributed by atoms with Gasteiger partial charge < -0.3 is 14.8 Å². The van der Waals surface area contributed by atoms with Crippen molar-refractivity contribution in [2.75, 3.05) is 47.1 Å². The maximum Gasteiger partial charge on any atom is 0.0615 e. The molecule has 2 atom stereocenters. The second-order valence-corrected chi connectivity index (χ2v) is 5.43. The molecule has 18 heavy (non-hydrogen) atoms. The van der Waals surface area contributed by atoms with Gasteiger partial charge in [-0.15, -0.1) is 0 Å². The Balaban J connectivity index is 2.57. The molecule has 0 aromatic heterocycles. The number of methoxy groups -OCH3 is 2. The molecule has 0 bridgehead atoms. The Morgan fingerprint density at radius 3 is 2.61 bits per heavy atom. The highest BCUT2D eigenvalue weighted by Crippen LogP contribution is 2.24. The van der Waals surface area contributed by atoms with Crippen LogP contribution in [0.4, 0.5) is 0 Å². The molecule has 0 spiro atoms. The van der Waals surface area contributed by atoms with Gasteiger partial charge in [0.15, 0.2) is 0 Å². The number of hydrogen-bond acceptors (Lipinski definition) is 4. The largest absolute Gasteiger partial charge is 0.383 e. The molecule has 0 radical (unpaired) electrons. The van der Waals surface area contributed by atoms with Gasteiger partial charge in [-0.1, -0.05) is 6.92 Å². The minimum atomic E-state index is 0.301. The summed E-state index contributed by atoms with van der Waals surface area (Å²) in [5.74, 6) is 0. The highest BCUT2D eigenvalue weighted by atomic mass is 16.5. The van der Waals surface area contributed by atoms with E-state index in [9.17, 15) is 0 Å². The van der Waals surface area contributed by atoms with Crippen LogP contribution in [0, 0.1) is 0 Å². The van der Waals surface area contributed by atoms with E-state index in [2.05, 4.69) is 24.1 Å². The number of hydrogen-bond donors (Lipinski definition) is 1. The predicted molar refractivity (Wildman–Crippen MR) is 75.0 cm³/mol. The lowest BCUT2D eigenvalue weighted by Gasteiger charge is -2.38. The molecule has 1 rings (SSSR count). The Morgan fingerprint density at radius 1 is 1.33 bits per heavy atom. The molecule has 4 heteroatoms. The van der Waals surface area contributed by atoms with Crippen LogP contribution >= 0.6 is 0 Å². The summed E-state index contributed by atoms with van der Waals surface area (Å²) >= 11 is 0. The van der Waals surface area contributed by atoms with Crippen molar-refractivity contribution in [2.24, 2.45) is 0 Å². The van der Waals surface area contributed by atoms with E-state index in [0.29, 0.717) is 11.6 Å². The van der Waals surface area contributed by atoms with Crippen LogP contribution in [0.3, 0.4) is 0 Å². The fourth-order valence-corrected chi connectivity index (χ4v) is 2.82. The summed E-state index contributed by atoms with van der Waals surface area (Å²) in [6.45, 7) is 9.31. The first-order valence-corrected chi connectivity index (χ1v) is 7.14. The topological polar surface area (TPSA) is 33.7 Å². The van der Waals surface area contributed by atoms with Crippen molar-refractivity contribution < 1.29 is 9.47 Å². The SMILES string of the molecule is CCC1(CN(CCOC)C(C)COC)CCCN1. The molecule has 0 amide bonds. The minimum Gasteiger partial charge on any atom is -0.383 e. The van der Waals surface area contributed by atoms with Crippen LogP contribution in [0.2, 0.25) is 0 Å². The minimum absolute atomic E-state index is 0.301. The maximum absolute atomic E-state index is 5.29. The standard InChI is InChI=1S/C14H30N2O2/c1-5-14(7-6-8-15-14)12-16(9-10-17-3)13(2)11-18-4/h13,15H,5-12H2,1-4H3. The van der Waals surface area contributed by atoms with E-state index in [-0.39, 0.29) is 0 Å². The van der Waals surface area contributed by atoms with Gasteiger partial charge in [0.2, 0.25) is 0 Å². The third-order valence-corrected chi connectivity index (χ3v) is 4.13. The van der Waals surface area contributed by atoms with Crippen LogP contribution in [-0.2, 0) is 9.47 Å². The molecular weight excluding hydrogens is 228 g/mol. The summed E-state index contributed by atoms with van der Waals surface area (Å²) < 4.78 is 10.5. The molecule has 0 saturated carbocycles. The van der Waals surface area contributed by atoms with Gasteiger partial charge in [-0.25, -0.2) is 0 Å². The van der Waals surface area contributed by atoms with Gasteiger partial charge in [-0.05, 0) is 32.7 Å². The van der Waals surface area contributed by atoms with Crippen molar-refractivity contribution in [3.05, 3.63) is 0 Å². The molecular formula is C14H30N2O2. The second kappa shape index (κ2) is 8.10.